The molecular formula is C20H29N5O3S. The number of nitrogens with zero attached hydrogens (tertiary/aromatic N) is 4. The van der Waals surface area contributed by atoms with E-state index >= 15 is 0 Å². The zero-order valence-electron chi connectivity index (χ0n) is 17.4. The second kappa shape index (κ2) is 8.51. The Hall–Kier alpha value is -1.81. The molecule has 0 aliphatic carbocycles. The number of likely N-dealkylation sites (tertiary alicyclic amines) is 1. The lowest BCUT2D eigenvalue weighted by atomic mass is 10.0. The Balaban J connectivity index is 1.43. The lowest BCUT2D eigenvalue weighted by molar-refractivity contribution is 0.0559. The molecule has 0 radical (unpaired) electrons. The van der Waals surface area contributed by atoms with Gasteiger partial charge < -0.3 is 14.6 Å². The number of piperidine rings is 1. The van der Waals surface area contributed by atoms with Gasteiger partial charge >= 0.3 is 5.97 Å². The number of nitrogens with one attached hydrogen (secondary N) is 1. The van der Waals surface area contributed by atoms with Crippen LogP contribution in [0.25, 0.3) is 10.2 Å². The lowest BCUT2D eigenvalue weighted by Gasteiger charge is -2.42. The van der Waals surface area contributed by atoms with E-state index in [1.54, 1.807) is 6.92 Å². The molecule has 0 amide bonds. The van der Waals surface area contributed by atoms with Gasteiger partial charge in [-0.1, -0.05) is 0 Å². The third-order valence-corrected chi connectivity index (χ3v) is 7.28. The molecule has 1 atom stereocenters. The summed E-state index contributed by atoms with van der Waals surface area (Å²) in [6.07, 6.45) is 2.57. The van der Waals surface area contributed by atoms with E-state index in [1.165, 1.54) is 37.8 Å². The van der Waals surface area contributed by atoms with Crippen LogP contribution in [-0.4, -0.2) is 90.1 Å². The number of H-pyrrole nitrogens is 1. The number of aromatic amines is 1. The molecule has 0 spiro atoms. The summed E-state index contributed by atoms with van der Waals surface area (Å²) >= 11 is 1.23. The fourth-order valence-electron chi connectivity index (χ4n) is 4.49. The lowest BCUT2D eigenvalue weighted by Crippen LogP contribution is -2.54. The molecule has 0 saturated carbocycles. The van der Waals surface area contributed by atoms with E-state index in [0.29, 0.717) is 39.1 Å². The van der Waals surface area contributed by atoms with Gasteiger partial charge in [0.05, 0.1) is 19.0 Å². The van der Waals surface area contributed by atoms with Crippen molar-refractivity contribution in [2.45, 2.75) is 32.4 Å². The average molecular weight is 420 g/mol. The second-order valence-electron chi connectivity index (χ2n) is 8.11. The largest absolute Gasteiger partial charge is 0.465 e. The number of methoxy groups -OCH3 is 1. The summed E-state index contributed by atoms with van der Waals surface area (Å²) in [5, 5.41) is 0.491. The molecule has 4 rings (SSSR count). The molecule has 1 N–H and O–H groups in total. The van der Waals surface area contributed by atoms with Crippen LogP contribution in [0.2, 0.25) is 0 Å². The Morgan fingerprint density at radius 1 is 1.28 bits per heavy atom. The first-order valence-electron chi connectivity index (χ1n) is 10.2. The van der Waals surface area contributed by atoms with Crippen molar-refractivity contribution in [3.05, 3.63) is 26.6 Å². The van der Waals surface area contributed by atoms with Crippen LogP contribution >= 0.6 is 11.3 Å². The van der Waals surface area contributed by atoms with Gasteiger partial charge in [-0.2, -0.15) is 0 Å². The SMILES string of the molecule is COC(=O)c1sc2nc(CN3CCN(C4CCCN(C)C4)CC3)[nH]c(=O)c2c1C. The zero-order valence-corrected chi connectivity index (χ0v) is 18.2. The third-order valence-electron chi connectivity index (χ3n) is 6.12. The van der Waals surface area contributed by atoms with Crippen molar-refractivity contribution in [2.24, 2.45) is 0 Å². The van der Waals surface area contributed by atoms with E-state index in [-0.39, 0.29) is 5.56 Å². The van der Waals surface area contributed by atoms with Gasteiger partial charge in [0.2, 0.25) is 0 Å². The van der Waals surface area contributed by atoms with E-state index in [4.69, 9.17) is 4.74 Å². The zero-order chi connectivity index (χ0) is 20.5. The van der Waals surface area contributed by atoms with Gasteiger partial charge in [-0.15, -0.1) is 11.3 Å². The molecule has 9 heteroatoms. The maximum absolute atomic E-state index is 12.6. The fraction of sp³-hybridized carbons (Fsp3) is 0.650. The van der Waals surface area contributed by atoms with Gasteiger partial charge in [0.1, 0.15) is 15.5 Å². The van der Waals surface area contributed by atoms with Crippen LogP contribution in [0.5, 0.6) is 0 Å². The molecule has 29 heavy (non-hydrogen) atoms. The molecule has 2 aromatic heterocycles. The second-order valence-corrected chi connectivity index (χ2v) is 9.11. The van der Waals surface area contributed by atoms with Crippen LogP contribution in [0.4, 0.5) is 0 Å². The number of hydrogen-bond donors (Lipinski definition) is 1. The standard InChI is InChI=1S/C20H29N5O3S/c1-13-16-18(26)21-15(22-19(16)29-17(13)20(27)28-3)12-24-7-9-25(10-8-24)14-5-4-6-23(2)11-14/h14H,4-12H2,1-3H3,(H,21,22,26). The van der Waals surface area contributed by atoms with Gasteiger partial charge in [0, 0.05) is 38.8 Å². The van der Waals surface area contributed by atoms with Crippen molar-refractivity contribution < 1.29 is 9.53 Å². The van der Waals surface area contributed by atoms with Crippen molar-refractivity contribution in [3.63, 3.8) is 0 Å². The minimum absolute atomic E-state index is 0.183. The number of rotatable bonds is 4. The summed E-state index contributed by atoms with van der Waals surface area (Å²) in [5.74, 6) is 0.238. The minimum Gasteiger partial charge on any atom is -0.465 e. The highest BCUT2D eigenvalue weighted by atomic mass is 32.1. The number of aryl methyl sites for hydroxylation is 1. The van der Waals surface area contributed by atoms with Crippen molar-refractivity contribution >= 4 is 27.5 Å². The minimum atomic E-state index is -0.420. The Bertz CT molecular complexity index is 947. The number of fused-ring (bicyclic) bond motifs is 1. The van der Waals surface area contributed by atoms with Gasteiger partial charge in [-0.05, 0) is 38.9 Å². The topological polar surface area (TPSA) is 81.8 Å². The van der Waals surface area contributed by atoms with Crippen molar-refractivity contribution in [1.29, 1.82) is 0 Å². The Morgan fingerprint density at radius 2 is 2.03 bits per heavy atom. The van der Waals surface area contributed by atoms with Crippen LogP contribution in [0.3, 0.4) is 0 Å². The summed E-state index contributed by atoms with van der Waals surface area (Å²) in [4.78, 5) is 40.5. The van der Waals surface area contributed by atoms with Crippen LogP contribution in [0.1, 0.15) is 33.9 Å². The summed E-state index contributed by atoms with van der Waals surface area (Å²) in [6.45, 7) is 8.80. The fourth-order valence-corrected chi connectivity index (χ4v) is 5.61. The Morgan fingerprint density at radius 3 is 2.72 bits per heavy atom. The summed E-state index contributed by atoms with van der Waals surface area (Å²) < 4.78 is 4.82. The summed E-state index contributed by atoms with van der Waals surface area (Å²) in [5.41, 5.74) is 0.459. The number of esters is 1. The van der Waals surface area contributed by atoms with Crippen molar-refractivity contribution in [1.82, 2.24) is 24.7 Å². The molecular weight excluding hydrogens is 390 g/mol. The highest BCUT2D eigenvalue weighted by molar-refractivity contribution is 7.20. The van der Waals surface area contributed by atoms with E-state index in [1.807, 2.05) is 0 Å². The predicted octanol–water partition coefficient (Wildman–Crippen LogP) is 1.29. The van der Waals surface area contributed by atoms with Crippen LogP contribution in [0.15, 0.2) is 4.79 Å². The van der Waals surface area contributed by atoms with Gasteiger partial charge in [-0.25, -0.2) is 9.78 Å². The van der Waals surface area contributed by atoms with Crippen LogP contribution in [0, 0.1) is 6.92 Å². The van der Waals surface area contributed by atoms with Crippen LogP contribution in [-0.2, 0) is 11.3 Å². The molecule has 2 aliphatic heterocycles. The smallest absolute Gasteiger partial charge is 0.348 e. The number of carbonyl (C=O) groups is 1. The maximum Gasteiger partial charge on any atom is 0.348 e. The quantitative estimate of drug-likeness (QED) is 0.748. The maximum atomic E-state index is 12.6. The number of piperazine rings is 1. The molecule has 8 nitrogen and oxygen atoms in total. The molecule has 4 heterocycles. The van der Waals surface area contributed by atoms with E-state index in [9.17, 15) is 9.59 Å². The molecule has 2 fully saturated rings. The first-order valence-corrected chi connectivity index (χ1v) is 11.0. The first kappa shape index (κ1) is 20.5. The molecule has 2 aromatic rings. The van der Waals surface area contributed by atoms with E-state index in [0.717, 1.165) is 32.7 Å². The number of ether oxygens (including phenoxy) is 1. The number of hydrogen-bond acceptors (Lipinski definition) is 8. The molecule has 2 aliphatic rings. The summed E-state index contributed by atoms with van der Waals surface area (Å²) in [6, 6.07) is 0.663. The Labute approximate surface area is 174 Å². The predicted molar refractivity (Wildman–Crippen MR) is 114 cm³/mol. The molecule has 2 saturated heterocycles. The number of aromatic nitrogens is 2. The monoisotopic (exact) mass is 419 g/mol. The normalized spacial score (nSPS) is 22.2. The number of carbonyl (C=O) groups excluding carboxylic acids is 1. The molecule has 158 valence electrons. The van der Waals surface area contributed by atoms with Gasteiger partial charge in [-0.3, -0.25) is 14.6 Å². The molecule has 1 unspecified atom stereocenters. The highest BCUT2D eigenvalue weighted by Gasteiger charge is 2.27. The number of thiophene rings is 1. The highest BCUT2D eigenvalue weighted by Crippen LogP contribution is 2.27. The van der Waals surface area contributed by atoms with Gasteiger partial charge in [0.25, 0.3) is 5.56 Å². The average Bonchev–Trinajstić information content (AvgIpc) is 3.05. The first-order chi connectivity index (χ1) is 14.0. The van der Waals surface area contributed by atoms with Gasteiger partial charge in [0.15, 0.2) is 0 Å². The molecule has 0 bridgehead atoms. The van der Waals surface area contributed by atoms with Crippen LogP contribution < -0.4 is 5.56 Å². The van der Waals surface area contributed by atoms with Crippen molar-refractivity contribution in [3.8, 4) is 0 Å². The third kappa shape index (κ3) is 4.23. The van der Waals surface area contributed by atoms with Crippen molar-refractivity contribution in [2.75, 3.05) is 53.4 Å². The summed E-state index contributed by atoms with van der Waals surface area (Å²) in [7, 11) is 3.55. The van der Waals surface area contributed by atoms with E-state index in [2.05, 4.69) is 31.7 Å². The molecule has 0 aromatic carbocycles. The number of likely N-dealkylation sites (N-methyl/N-ethyl adjacent to an activating group) is 1. The van der Waals surface area contributed by atoms with E-state index < -0.39 is 5.97 Å². The Kier molecular flexibility index (Phi) is 6.00.